The molecule has 0 aromatic carbocycles. The summed E-state index contributed by atoms with van der Waals surface area (Å²) >= 11 is 0. The van der Waals surface area contributed by atoms with Gasteiger partial charge in [-0.3, -0.25) is 4.79 Å². The normalized spacial score (nSPS) is 17.9. The zero-order valence-electron chi connectivity index (χ0n) is 20.7. The molecule has 36 heavy (non-hydrogen) atoms. The number of hydrogen-bond donors (Lipinski definition) is 2. The van der Waals surface area contributed by atoms with E-state index in [1.807, 2.05) is 19.9 Å². The first-order valence-corrected chi connectivity index (χ1v) is 13.2. The number of nitrogens with one attached hydrogen (secondary N) is 1. The van der Waals surface area contributed by atoms with Gasteiger partial charge in [-0.2, -0.15) is 0 Å². The lowest BCUT2D eigenvalue weighted by molar-refractivity contribution is 0.0981. The van der Waals surface area contributed by atoms with Crippen LogP contribution in [0, 0.1) is 0 Å². The van der Waals surface area contributed by atoms with Crippen molar-refractivity contribution in [3.05, 3.63) is 54.4 Å². The zero-order valence-corrected chi connectivity index (χ0v) is 21.5. The van der Waals surface area contributed by atoms with Gasteiger partial charge in [0.15, 0.2) is 0 Å². The number of amides is 1. The lowest BCUT2D eigenvalue weighted by Crippen LogP contribution is -2.37. The summed E-state index contributed by atoms with van der Waals surface area (Å²) in [6.07, 6.45) is 4.91. The van der Waals surface area contributed by atoms with Crippen LogP contribution in [0.2, 0.25) is 0 Å². The van der Waals surface area contributed by atoms with E-state index in [4.69, 9.17) is 15.5 Å². The maximum absolute atomic E-state index is 13.3. The van der Waals surface area contributed by atoms with Gasteiger partial charge in [0.2, 0.25) is 5.88 Å². The van der Waals surface area contributed by atoms with Crippen LogP contribution in [0.15, 0.2) is 53.7 Å². The Bertz CT molecular complexity index is 1350. The number of carbonyl (C=O) groups is 1. The largest absolute Gasteiger partial charge is 0.475 e. The van der Waals surface area contributed by atoms with E-state index in [1.54, 1.807) is 24.4 Å². The second-order valence-electron chi connectivity index (χ2n) is 9.12. The molecule has 11 heteroatoms. The van der Waals surface area contributed by atoms with Gasteiger partial charge in [-0.25, -0.2) is 28.1 Å². The summed E-state index contributed by atoms with van der Waals surface area (Å²) in [6.45, 7) is 7.97. The molecule has 1 aliphatic rings. The molecular weight excluding hydrogens is 480 g/mol. The van der Waals surface area contributed by atoms with Crippen molar-refractivity contribution >= 4 is 27.6 Å². The number of nitrogens with two attached hydrogens (primary N) is 1. The molecule has 190 valence electrons. The average molecular weight is 511 g/mol. The molecule has 1 amide bonds. The molecule has 0 unspecified atom stereocenters. The summed E-state index contributed by atoms with van der Waals surface area (Å²) in [4.78, 5) is 28.0. The van der Waals surface area contributed by atoms with Gasteiger partial charge in [0.1, 0.15) is 16.5 Å². The van der Waals surface area contributed by atoms with Gasteiger partial charge in [-0.15, -0.1) is 0 Å². The van der Waals surface area contributed by atoms with Crippen molar-refractivity contribution < 1.29 is 17.9 Å². The van der Waals surface area contributed by atoms with E-state index in [9.17, 15) is 13.2 Å². The second-order valence-corrected chi connectivity index (χ2v) is 10.8. The predicted molar refractivity (Wildman–Crippen MR) is 137 cm³/mol. The van der Waals surface area contributed by atoms with Crippen LogP contribution in [0.1, 0.15) is 50.9 Å². The Balaban J connectivity index is 1.72. The number of sulfonamides is 1. The Kier molecular flexibility index (Phi) is 7.11. The van der Waals surface area contributed by atoms with Gasteiger partial charge in [0, 0.05) is 36.1 Å². The van der Waals surface area contributed by atoms with Crippen LogP contribution in [0.5, 0.6) is 5.88 Å². The highest BCUT2D eigenvalue weighted by Gasteiger charge is 2.33. The average Bonchev–Trinajstić information content (AvgIpc) is 3.16. The summed E-state index contributed by atoms with van der Waals surface area (Å²) in [5.74, 6) is -0.0610. The molecule has 2 atom stereocenters. The fourth-order valence-electron chi connectivity index (χ4n) is 4.30. The molecule has 1 saturated heterocycles. The molecule has 0 radical (unpaired) electrons. The molecule has 3 aromatic rings. The Morgan fingerprint density at radius 1 is 1.11 bits per heavy atom. The molecule has 1 fully saturated rings. The van der Waals surface area contributed by atoms with Crippen LogP contribution in [0.3, 0.4) is 0 Å². The summed E-state index contributed by atoms with van der Waals surface area (Å²) < 4.78 is 33.5. The number of rotatable bonds is 7. The minimum Gasteiger partial charge on any atom is -0.475 e. The quantitative estimate of drug-likeness (QED) is 0.489. The fourth-order valence-corrected chi connectivity index (χ4v) is 5.35. The van der Waals surface area contributed by atoms with E-state index in [-0.39, 0.29) is 34.5 Å². The maximum atomic E-state index is 13.3. The molecule has 10 nitrogen and oxygen atoms in total. The molecule has 0 saturated carbocycles. The smallest absolute Gasteiger partial charge is 0.268 e. The van der Waals surface area contributed by atoms with Crippen molar-refractivity contribution in [1.29, 1.82) is 0 Å². The molecule has 3 N–H and O–H groups in total. The lowest BCUT2D eigenvalue weighted by Gasteiger charge is -2.29. The van der Waals surface area contributed by atoms with Gasteiger partial charge in [-0.05, 0) is 70.9 Å². The van der Waals surface area contributed by atoms with Crippen molar-refractivity contribution in [2.24, 2.45) is 0 Å². The van der Waals surface area contributed by atoms with Gasteiger partial charge >= 0.3 is 0 Å². The number of pyridine rings is 3. The molecule has 0 spiro atoms. The zero-order chi connectivity index (χ0) is 26.0. The van der Waals surface area contributed by atoms with Crippen LogP contribution >= 0.6 is 0 Å². The molecule has 0 aliphatic carbocycles. The first-order valence-electron chi connectivity index (χ1n) is 11.8. The van der Waals surface area contributed by atoms with Crippen molar-refractivity contribution in [1.82, 2.24) is 19.7 Å². The van der Waals surface area contributed by atoms with Gasteiger partial charge < -0.3 is 15.4 Å². The number of ether oxygens (including phenoxy) is 1. The number of nitrogens with zero attached hydrogens (tertiary/aromatic N) is 4. The second kappa shape index (κ2) is 10.1. The highest BCUT2D eigenvalue weighted by atomic mass is 32.2. The molecule has 4 rings (SSSR count). The Morgan fingerprint density at radius 2 is 1.83 bits per heavy atom. The van der Waals surface area contributed by atoms with Gasteiger partial charge in [0.05, 0.1) is 17.4 Å². The Labute approximate surface area is 211 Å². The Morgan fingerprint density at radius 3 is 2.44 bits per heavy atom. The molecule has 4 heterocycles. The lowest BCUT2D eigenvalue weighted by atomic mass is 10.1. The van der Waals surface area contributed by atoms with Crippen LogP contribution in [0.25, 0.3) is 11.3 Å². The predicted octanol–water partition coefficient (Wildman–Crippen LogP) is 3.40. The number of aromatic nitrogens is 3. The van der Waals surface area contributed by atoms with Crippen molar-refractivity contribution in [2.75, 3.05) is 10.6 Å². The third-order valence-electron chi connectivity index (χ3n) is 6.02. The third kappa shape index (κ3) is 5.25. The van der Waals surface area contributed by atoms with Crippen LogP contribution < -0.4 is 20.1 Å². The van der Waals surface area contributed by atoms with E-state index >= 15 is 0 Å². The van der Waals surface area contributed by atoms with Gasteiger partial charge in [0.25, 0.3) is 15.9 Å². The maximum Gasteiger partial charge on any atom is 0.268 e. The first-order chi connectivity index (χ1) is 17.1. The first kappa shape index (κ1) is 25.4. The van der Waals surface area contributed by atoms with E-state index in [2.05, 4.69) is 33.4 Å². The molecular formula is C25H30N6O4S. The Hall–Kier alpha value is -3.73. The minimum atomic E-state index is -4.24. The third-order valence-corrected chi connectivity index (χ3v) is 7.40. The van der Waals surface area contributed by atoms with Crippen molar-refractivity contribution in [2.45, 2.75) is 63.6 Å². The van der Waals surface area contributed by atoms with E-state index in [0.717, 1.165) is 18.4 Å². The topological polar surface area (TPSA) is 140 Å². The molecule has 0 bridgehead atoms. The summed E-state index contributed by atoms with van der Waals surface area (Å²) in [6, 6.07) is 9.87. The van der Waals surface area contributed by atoms with Gasteiger partial charge in [-0.1, -0.05) is 0 Å². The molecule has 1 aliphatic heterocycles. The van der Waals surface area contributed by atoms with Crippen LogP contribution in [-0.4, -0.2) is 47.5 Å². The summed E-state index contributed by atoms with van der Waals surface area (Å²) in [7, 11) is -4.24. The highest BCUT2D eigenvalue weighted by molar-refractivity contribution is 7.90. The SMILES string of the molecule is CC(C)Oc1ccc(-c2ccc(C(=O)NS(=O)(=O)c3cccnc3N)c(N3[C@H](C)CC[C@@H]3C)n2)cn1. The summed E-state index contributed by atoms with van der Waals surface area (Å²) in [5, 5.41) is 0. The fraction of sp³-hybridized carbons (Fsp3) is 0.360. The number of anilines is 2. The van der Waals surface area contributed by atoms with E-state index < -0.39 is 15.9 Å². The number of carbonyl (C=O) groups excluding carboxylic acids is 1. The van der Waals surface area contributed by atoms with Crippen molar-refractivity contribution in [3.63, 3.8) is 0 Å². The van der Waals surface area contributed by atoms with Crippen LogP contribution in [0.4, 0.5) is 11.6 Å². The van der Waals surface area contributed by atoms with Crippen molar-refractivity contribution in [3.8, 4) is 17.1 Å². The monoisotopic (exact) mass is 510 g/mol. The van der Waals surface area contributed by atoms with E-state index in [1.165, 1.54) is 18.3 Å². The number of hydrogen-bond acceptors (Lipinski definition) is 9. The van der Waals surface area contributed by atoms with E-state index in [0.29, 0.717) is 17.4 Å². The highest BCUT2D eigenvalue weighted by Crippen LogP contribution is 2.33. The minimum absolute atomic E-state index is 0.00214. The van der Waals surface area contributed by atoms with Crippen LogP contribution in [-0.2, 0) is 10.0 Å². The summed E-state index contributed by atoms with van der Waals surface area (Å²) in [5.41, 5.74) is 7.23. The number of nitrogen functional groups attached to an aromatic ring is 1. The standard InChI is InChI=1S/C25H30N6O4S/c1-15(2)35-22-12-9-18(14-28-22)20-11-10-19(24(29-20)31-16(3)7-8-17(31)4)25(32)30-36(33,34)21-6-5-13-27-23(21)26/h5-6,9-17H,7-8H2,1-4H3,(H2,26,27)(H,30,32)/t16-,17+. The molecule has 3 aromatic heterocycles.